The number of rotatable bonds is 8. The van der Waals surface area contributed by atoms with Crippen LogP contribution in [0.15, 0.2) is 59.1 Å². The molecule has 2 aliphatic rings. The second-order valence-corrected chi connectivity index (χ2v) is 8.87. The van der Waals surface area contributed by atoms with Gasteiger partial charge in [0.15, 0.2) is 23.0 Å². The van der Waals surface area contributed by atoms with Crippen LogP contribution in [-0.4, -0.2) is 54.5 Å². The molecule has 3 aromatic rings. The van der Waals surface area contributed by atoms with E-state index in [-0.39, 0.29) is 6.79 Å². The topological polar surface area (TPSA) is 94.0 Å². The Labute approximate surface area is 226 Å². The lowest BCUT2D eigenvalue weighted by atomic mass is 9.71. The Morgan fingerprint density at radius 2 is 1.54 bits per heavy atom. The Hall–Kier alpha value is -4.66. The highest BCUT2D eigenvalue weighted by Gasteiger charge is 2.40. The summed E-state index contributed by atoms with van der Waals surface area (Å²) in [6, 6.07) is 14.9. The van der Waals surface area contributed by atoms with Gasteiger partial charge in [0.05, 0.1) is 47.2 Å². The van der Waals surface area contributed by atoms with Crippen LogP contribution in [0.4, 0.5) is 5.69 Å². The van der Waals surface area contributed by atoms with Crippen LogP contribution in [0.2, 0.25) is 0 Å². The van der Waals surface area contributed by atoms with Crippen LogP contribution >= 0.6 is 0 Å². The van der Waals surface area contributed by atoms with Crippen molar-refractivity contribution >= 4 is 23.9 Å². The Balaban J connectivity index is 1.70. The molecule has 9 nitrogen and oxygen atoms in total. The summed E-state index contributed by atoms with van der Waals surface area (Å²) in [5, 5.41) is 0. The van der Waals surface area contributed by atoms with Crippen molar-refractivity contribution in [2.75, 3.05) is 42.3 Å². The van der Waals surface area contributed by atoms with Crippen LogP contribution in [0.5, 0.6) is 34.5 Å². The second kappa shape index (κ2) is 11.0. The van der Waals surface area contributed by atoms with Crippen molar-refractivity contribution in [3.8, 4) is 34.5 Å². The molecule has 0 saturated carbocycles. The van der Waals surface area contributed by atoms with E-state index in [4.69, 9.17) is 33.2 Å². The third-order valence-electron chi connectivity index (χ3n) is 6.86. The van der Waals surface area contributed by atoms with Gasteiger partial charge in [-0.15, -0.1) is 0 Å². The van der Waals surface area contributed by atoms with Gasteiger partial charge in [0, 0.05) is 12.1 Å². The number of fused-ring (bicyclic) bond motifs is 2. The SMILES string of the molecule is COC(=O)[C@@H]1C(C=Nc2ccc(OC)cc2)=Cc2cc3c(cc2C1c1cc(OC)c(OC)c(OC)c1)OCO3. The summed E-state index contributed by atoms with van der Waals surface area (Å²) in [6.07, 6.45) is 3.63. The van der Waals surface area contributed by atoms with Gasteiger partial charge in [-0.2, -0.15) is 0 Å². The predicted molar refractivity (Wildman–Crippen MR) is 145 cm³/mol. The van der Waals surface area contributed by atoms with Crippen molar-refractivity contribution in [2.45, 2.75) is 5.92 Å². The largest absolute Gasteiger partial charge is 0.497 e. The van der Waals surface area contributed by atoms with Crippen LogP contribution in [0.1, 0.15) is 22.6 Å². The van der Waals surface area contributed by atoms with E-state index in [0.717, 1.165) is 22.4 Å². The first-order valence-corrected chi connectivity index (χ1v) is 12.2. The Morgan fingerprint density at radius 3 is 2.13 bits per heavy atom. The zero-order valence-electron chi connectivity index (χ0n) is 22.3. The van der Waals surface area contributed by atoms with Crippen LogP contribution in [-0.2, 0) is 9.53 Å². The predicted octanol–water partition coefficient (Wildman–Crippen LogP) is 5.17. The smallest absolute Gasteiger partial charge is 0.314 e. The van der Waals surface area contributed by atoms with E-state index in [9.17, 15) is 4.79 Å². The van der Waals surface area contributed by atoms with Crippen molar-refractivity contribution in [2.24, 2.45) is 10.9 Å². The summed E-state index contributed by atoms with van der Waals surface area (Å²) in [6.45, 7) is 0.128. The van der Waals surface area contributed by atoms with Crippen LogP contribution in [0.3, 0.4) is 0 Å². The highest BCUT2D eigenvalue weighted by Crippen LogP contribution is 2.50. The molecule has 2 atom stereocenters. The summed E-state index contributed by atoms with van der Waals surface area (Å²) in [5.41, 5.74) is 3.88. The fraction of sp³-hybridized carbons (Fsp3) is 0.267. The molecule has 0 aromatic heterocycles. The van der Waals surface area contributed by atoms with Gasteiger partial charge in [0.2, 0.25) is 12.5 Å². The van der Waals surface area contributed by atoms with E-state index in [2.05, 4.69) is 4.99 Å². The Bertz CT molecular complexity index is 1420. The summed E-state index contributed by atoms with van der Waals surface area (Å²) < 4.78 is 38.7. The number of nitrogens with zero attached hydrogens (tertiary/aromatic N) is 1. The third kappa shape index (κ3) is 4.83. The van der Waals surface area contributed by atoms with Crippen molar-refractivity contribution in [3.05, 3.63) is 70.8 Å². The van der Waals surface area contributed by atoms with Gasteiger partial charge in [-0.3, -0.25) is 9.79 Å². The van der Waals surface area contributed by atoms with E-state index in [1.807, 2.05) is 54.6 Å². The van der Waals surface area contributed by atoms with E-state index < -0.39 is 17.8 Å². The molecule has 9 heteroatoms. The molecule has 0 radical (unpaired) electrons. The van der Waals surface area contributed by atoms with Crippen molar-refractivity contribution in [1.29, 1.82) is 0 Å². The lowest BCUT2D eigenvalue weighted by molar-refractivity contribution is -0.144. The standard InChI is InChI=1S/C30H29NO8/c1-33-21-8-6-20(7-9-21)31-15-19-10-17-11-23-24(39-16-38-23)14-22(17)27(28(19)30(32)37-5)18-12-25(34-2)29(36-4)26(13-18)35-3/h6-15,27-28H,16H2,1-5H3/t27?,28-/m1/s1. The Morgan fingerprint density at radius 1 is 0.872 bits per heavy atom. The van der Waals surface area contributed by atoms with Crippen molar-refractivity contribution in [1.82, 2.24) is 0 Å². The average Bonchev–Trinajstić information content (AvgIpc) is 3.44. The quantitative estimate of drug-likeness (QED) is 0.290. The van der Waals surface area contributed by atoms with E-state index in [0.29, 0.717) is 40.0 Å². The molecule has 0 fully saturated rings. The molecule has 0 N–H and O–H groups in total. The minimum absolute atomic E-state index is 0.128. The molecule has 1 aliphatic carbocycles. The number of carbonyl (C=O) groups excluding carboxylic acids is 1. The normalized spacial score (nSPS) is 17.3. The first-order valence-electron chi connectivity index (χ1n) is 12.2. The van der Waals surface area contributed by atoms with Crippen LogP contribution in [0.25, 0.3) is 6.08 Å². The number of methoxy groups -OCH3 is 5. The lowest BCUT2D eigenvalue weighted by Crippen LogP contribution is -2.30. The minimum Gasteiger partial charge on any atom is -0.497 e. The molecular formula is C30H29NO8. The van der Waals surface area contributed by atoms with E-state index >= 15 is 0 Å². The number of benzene rings is 3. The molecule has 5 rings (SSSR count). The maximum atomic E-state index is 13.4. The van der Waals surface area contributed by atoms with E-state index in [1.54, 1.807) is 34.7 Å². The highest BCUT2D eigenvalue weighted by molar-refractivity contribution is 5.98. The molecule has 1 heterocycles. The number of aliphatic imine (C=N–C) groups is 1. The molecule has 202 valence electrons. The molecular weight excluding hydrogens is 502 g/mol. The van der Waals surface area contributed by atoms with Crippen LogP contribution < -0.4 is 28.4 Å². The van der Waals surface area contributed by atoms with Gasteiger partial charge in [0.1, 0.15) is 5.75 Å². The lowest BCUT2D eigenvalue weighted by Gasteiger charge is -2.32. The van der Waals surface area contributed by atoms with Crippen molar-refractivity contribution in [3.63, 3.8) is 0 Å². The first kappa shape index (κ1) is 26.0. The maximum absolute atomic E-state index is 13.4. The van der Waals surface area contributed by atoms with Gasteiger partial charge in [-0.25, -0.2) is 0 Å². The Kier molecular flexibility index (Phi) is 7.31. The molecule has 0 amide bonds. The van der Waals surface area contributed by atoms with Gasteiger partial charge in [-0.1, -0.05) is 0 Å². The molecule has 1 unspecified atom stereocenters. The average molecular weight is 532 g/mol. The van der Waals surface area contributed by atoms with Gasteiger partial charge in [0.25, 0.3) is 0 Å². The van der Waals surface area contributed by atoms with Gasteiger partial charge >= 0.3 is 5.97 Å². The zero-order chi connectivity index (χ0) is 27.5. The molecule has 0 saturated heterocycles. The summed E-state index contributed by atoms with van der Waals surface area (Å²) >= 11 is 0. The van der Waals surface area contributed by atoms with Crippen molar-refractivity contribution < 1.29 is 38.0 Å². The van der Waals surface area contributed by atoms with E-state index in [1.165, 1.54) is 7.11 Å². The van der Waals surface area contributed by atoms with Gasteiger partial charge < -0.3 is 33.2 Å². The highest BCUT2D eigenvalue weighted by atomic mass is 16.7. The zero-order valence-corrected chi connectivity index (χ0v) is 22.3. The molecule has 1 aliphatic heterocycles. The number of esters is 1. The number of carbonyl (C=O) groups is 1. The van der Waals surface area contributed by atoms with Crippen LogP contribution in [0, 0.1) is 5.92 Å². The fourth-order valence-electron chi connectivity index (χ4n) is 5.00. The van der Waals surface area contributed by atoms with Gasteiger partial charge in [-0.05, 0) is 76.9 Å². The molecule has 39 heavy (non-hydrogen) atoms. The first-order chi connectivity index (χ1) is 19.0. The number of ether oxygens (including phenoxy) is 7. The monoisotopic (exact) mass is 531 g/mol. The third-order valence-corrected chi connectivity index (χ3v) is 6.86. The summed E-state index contributed by atoms with van der Waals surface area (Å²) in [4.78, 5) is 18.1. The molecule has 0 spiro atoms. The maximum Gasteiger partial charge on any atom is 0.314 e. The minimum atomic E-state index is -0.729. The fourth-order valence-corrected chi connectivity index (χ4v) is 5.00. The number of hydrogen-bond donors (Lipinski definition) is 0. The molecule has 0 bridgehead atoms. The summed E-state index contributed by atoms with van der Waals surface area (Å²) in [5.74, 6) is 1.74. The molecule has 3 aromatic carbocycles. The summed E-state index contributed by atoms with van der Waals surface area (Å²) in [7, 11) is 7.64. The number of hydrogen-bond acceptors (Lipinski definition) is 9. The second-order valence-electron chi connectivity index (χ2n) is 8.87.